The zero-order chi connectivity index (χ0) is 20.3. The van der Waals surface area contributed by atoms with Crippen molar-refractivity contribution in [2.45, 2.75) is 6.18 Å². The van der Waals surface area contributed by atoms with E-state index in [2.05, 4.69) is 10.3 Å². The number of hydrogen-bond acceptors (Lipinski definition) is 5. The Bertz CT molecular complexity index is 971. The summed E-state index contributed by atoms with van der Waals surface area (Å²) in [6.07, 6.45) is -2.97. The number of carbonyl (C=O) groups excluding carboxylic acids is 1. The molecule has 0 aromatic heterocycles. The lowest BCUT2D eigenvalue weighted by Gasteiger charge is -2.10. The molecular weight excluding hydrogens is 393 g/mol. The van der Waals surface area contributed by atoms with Gasteiger partial charge in [0.25, 0.3) is 5.91 Å². The minimum atomic E-state index is -4.54. The van der Waals surface area contributed by atoms with Gasteiger partial charge in [-0.25, -0.2) is 4.99 Å². The van der Waals surface area contributed by atoms with Crippen LogP contribution in [-0.2, 0) is 11.0 Å². The fraction of sp³-hybridized carbons (Fsp3) is 0.158. The number of nitrogens with one attached hydrogen (secondary N) is 1. The van der Waals surface area contributed by atoms with Crippen molar-refractivity contribution >= 4 is 34.6 Å². The number of ether oxygens (including phenoxy) is 2. The van der Waals surface area contributed by atoms with Gasteiger partial charge in [-0.15, -0.1) is 0 Å². The molecule has 0 bridgehead atoms. The van der Waals surface area contributed by atoms with Gasteiger partial charge in [0, 0.05) is 5.56 Å². The number of hydrogen-bond donors (Lipinski definition) is 1. The molecule has 0 unspecified atom stereocenters. The monoisotopic (exact) mass is 408 g/mol. The second-order valence-electron chi connectivity index (χ2n) is 5.58. The van der Waals surface area contributed by atoms with E-state index in [-0.39, 0.29) is 15.8 Å². The summed E-state index contributed by atoms with van der Waals surface area (Å²) in [5.74, 6) is 0.477. The topological polar surface area (TPSA) is 59.9 Å². The molecule has 1 saturated heterocycles. The van der Waals surface area contributed by atoms with E-state index in [1.807, 2.05) is 0 Å². The number of halogens is 3. The van der Waals surface area contributed by atoms with E-state index in [1.165, 1.54) is 32.4 Å². The molecule has 2 aromatic carbocycles. The van der Waals surface area contributed by atoms with E-state index in [4.69, 9.17) is 9.47 Å². The van der Waals surface area contributed by atoms with Crippen LogP contribution in [0.4, 0.5) is 18.9 Å². The van der Waals surface area contributed by atoms with E-state index in [0.29, 0.717) is 17.1 Å². The third-order valence-corrected chi connectivity index (χ3v) is 4.71. The molecule has 1 heterocycles. The first kappa shape index (κ1) is 19.8. The molecule has 0 atom stereocenters. The Hall–Kier alpha value is -2.94. The Morgan fingerprint density at radius 2 is 1.82 bits per heavy atom. The van der Waals surface area contributed by atoms with E-state index in [0.717, 1.165) is 17.8 Å². The first-order chi connectivity index (χ1) is 13.3. The summed E-state index contributed by atoms with van der Waals surface area (Å²) in [4.78, 5) is 16.5. The molecule has 1 aliphatic rings. The SMILES string of the molecule is COc1cccc(C=C2SC(=Nc3ccccc3C(F)(F)F)NC2=O)c1OC. The molecule has 146 valence electrons. The number of para-hydroxylation sites is 2. The second kappa shape index (κ2) is 7.97. The standard InChI is InChI=1S/C19H15F3N2O3S/c1-26-14-9-5-6-11(16(14)27-2)10-15-17(25)24-18(28-15)23-13-8-4-3-7-12(13)19(20,21)22/h3-10H,1-2H3,(H,23,24,25). The van der Waals surface area contributed by atoms with Crippen LogP contribution in [0.3, 0.4) is 0 Å². The van der Waals surface area contributed by atoms with Gasteiger partial charge in [-0.2, -0.15) is 13.2 Å². The zero-order valence-corrected chi connectivity index (χ0v) is 15.6. The fourth-order valence-electron chi connectivity index (χ4n) is 2.57. The van der Waals surface area contributed by atoms with Crippen molar-refractivity contribution < 1.29 is 27.4 Å². The first-order valence-corrected chi connectivity index (χ1v) is 8.82. The van der Waals surface area contributed by atoms with Gasteiger partial charge in [-0.05, 0) is 36.0 Å². The smallest absolute Gasteiger partial charge is 0.418 e. The van der Waals surface area contributed by atoms with Gasteiger partial charge in [-0.1, -0.05) is 24.3 Å². The maximum Gasteiger partial charge on any atom is 0.418 e. The maximum absolute atomic E-state index is 13.1. The zero-order valence-electron chi connectivity index (χ0n) is 14.8. The highest BCUT2D eigenvalue weighted by Crippen LogP contribution is 2.38. The van der Waals surface area contributed by atoms with Crippen LogP contribution >= 0.6 is 11.8 Å². The molecule has 5 nitrogen and oxygen atoms in total. The van der Waals surface area contributed by atoms with Gasteiger partial charge < -0.3 is 14.8 Å². The number of rotatable bonds is 4. The van der Waals surface area contributed by atoms with Crippen molar-refractivity contribution in [3.8, 4) is 11.5 Å². The molecule has 0 radical (unpaired) electrons. The molecule has 3 rings (SSSR count). The number of methoxy groups -OCH3 is 2. The van der Waals surface area contributed by atoms with Gasteiger partial charge in [0.05, 0.1) is 30.4 Å². The third-order valence-electron chi connectivity index (χ3n) is 3.80. The Labute approximate surface area is 163 Å². The number of benzene rings is 2. The number of carbonyl (C=O) groups is 1. The molecule has 2 aromatic rings. The Balaban J connectivity index is 1.94. The van der Waals surface area contributed by atoms with Crippen LogP contribution < -0.4 is 14.8 Å². The Morgan fingerprint density at radius 3 is 2.50 bits per heavy atom. The number of amidine groups is 1. The molecule has 0 spiro atoms. The van der Waals surface area contributed by atoms with Crippen LogP contribution in [-0.4, -0.2) is 25.3 Å². The lowest BCUT2D eigenvalue weighted by Crippen LogP contribution is -2.19. The minimum Gasteiger partial charge on any atom is -0.493 e. The fourth-order valence-corrected chi connectivity index (χ4v) is 3.39. The molecule has 0 aliphatic carbocycles. The van der Waals surface area contributed by atoms with E-state index in [1.54, 1.807) is 24.3 Å². The van der Waals surface area contributed by atoms with Crippen LogP contribution in [0.15, 0.2) is 52.4 Å². The number of aliphatic imine (C=N–C) groups is 1. The van der Waals surface area contributed by atoms with Crippen LogP contribution in [0.2, 0.25) is 0 Å². The van der Waals surface area contributed by atoms with Gasteiger partial charge in [-0.3, -0.25) is 4.79 Å². The third kappa shape index (κ3) is 4.14. The van der Waals surface area contributed by atoms with Crippen molar-refractivity contribution in [1.82, 2.24) is 5.32 Å². The number of thioether (sulfide) groups is 1. The quantitative estimate of drug-likeness (QED) is 0.751. The van der Waals surface area contributed by atoms with Gasteiger partial charge >= 0.3 is 6.18 Å². The number of amides is 1. The van der Waals surface area contributed by atoms with Gasteiger partial charge in [0.2, 0.25) is 0 Å². The van der Waals surface area contributed by atoms with E-state index >= 15 is 0 Å². The molecule has 9 heteroatoms. The summed E-state index contributed by atoms with van der Waals surface area (Å²) in [5, 5.41) is 2.55. The summed E-state index contributed by atoms with van der Waals surface area (Å²) in [6, 6.07) is 10.1. The Kier molecular flexibility index (Phi) is 5.64. The predicted octanol–water partition coefficient (Wildman–Crippen LogP) is 4.61. The minimum absolute atomic E-state index is 0.0646. The van der Waals surface area contributed by atoms with Gasteiger partial charge in [0.1, 0.15) is 0 Å². The average molecular weight is 408 g/mol. The normalized spacial score (nSPS) is 17.1. The first-order valence-electron chi connectivity index (χ1n) is 8.00. The average Bonchev–Trinajstić information content (AvgIpc) is 3.00. The largest absolute Gasteiger partial charge is 0.493 e. The molecular formula is C19H15F3N2O3S. The van der Waals surface area contributed by atoms with Crippen molar-refractivity contribution in [2.24, 2.45) is 4.99 Å². The van der Waals surface area contributed by atoms with E-state index < -0.39 is 17.6 Å². The lowest BCUT2D eigenvalue weighted by atomic mass is 10.1. The number of nitrogens with zero attached hydrogens (tertiary/aromatic N) is 1. The second-order valence-corrected chi connectivity index (χ2v) is 6.61. The maximum atomic E-state index is 13.1. The molecule has 0 saturated carbocycles. The van der Waals surface area contributed by atoms with Gasteiger partial charge in [0.15, 0.2) is 16.7 Å². The lowest BCUT2D eigenvalue weighted by molar-refractivity contribution is -0.137. The Morgan fingerprint density at radius 1 is 1.07 bits per heavy atom. The predicted molar refractivity (Wildman–Crippen MR) is 102 cm³/mol. The summed E-state index contributed by atoms with van der Waals surface area (Å²) < 4.78 is 49.9. The van der Waals surface area contributed by atoms with Crippen molar-refractivity contribution in [2.75, 3.05) is 14.2 Å². The molecule has 28 heavy (non-hydrogen) atoms. The van der Waals surface area contributed by atoms with Crippen molar-refractivity contribution in [3.63, 3.8) is 0 Å². The highest BCUT2D eigenvalue weighted by molar-refractivity contribution is 8.18. The van der Waals surface area contributed by atoms with Crippen LogP contribution in [0.5, 0.6) is 11.5 Å². The highest BCUT2D eigenvalue weighted by Gasteiger charge is 2.34. The van der Waals surface area contributed by atoms with E-state index in [9.17, 15) is 18.0 Å². The molecule has 1 fully saturated rings. The summed E-state index contributed by atoms with van der Waals surface area (Å²) in [7, 11) is 2.97. The van der Waals surface area contributed by atoms with Crippen LogP contribution in [0, 0.1) is 0 Å². The van der Waals surface area contributed by atoms with Crippen molar-refractivity contribution in [3.05, 3.63) is 58.5 Å². The summed E-state index contributed by atoms with van der Waals surface area (Å²) in [5.41, 5.74) is -0.543. The number of alkyl halides is 3. The van der Waals surface area contributed by atoms with Crippen LogP contribution in [0.25, 0.3) is 6.08 Å². The summed E-state index contributed by atoms with van der Waals surface area (Å²) in [6.45, 7) is 0. The molecule has 1 N–H and O–H groups in total. The molecule has 1 amide bonds. The van der Waals surface area contributed by atoms with Crippen molar-refractivity contribution in [1.29, 1.82) is 0 Å². The van der Waals surface area contributed by atoms with Crippen LogP contribution in [0.1, 0.15) is 11.1 Å². The summed E-state index contributed by atoms with van der Waals surface area (Å²) >= 11 is 0.947. The molecule has 1 aliphatic heterocycles. The highest BCUT2D eigenvalue weighted by atomic mass is 32.2.